The third-order valence-corrected chi connectivity index (χ3v) is 6.10. The summed E-state index contributed by atoms with van der Waals surface area (Å²) in [6.07, 6.45) is 0. The maximum absolute atomic E-state index is 13.6. The van der Waals surface area contributed by atoms with E-state index in [1.54, 1.807) is 44.6 Å². The third kappa shape index (κ3) is 4.73. The Morgan fingerprint density at radius 3 is 2.49 bits per heavy atom. The first-order valence-electron chi connectivity index (χ1n) is 10.6. The van der Waals surface area contributed by atoms with E-state index in [1.807, 2.05) is 34.9 Å². The molecule has 0 aliphatic carbocycles. The molecule has 35 heavy (non-hydrogen) atoms. The minimum absolute atomic E-state index is 0.316. The minimum Gasteiger partial charge on any atom is -0.497 e. The zero-order valence-corrected chi connectivity index (χ0v) is 19.7. The lowest BCUT2D eigenvalue weighted by Gasteiger charge is -2.10. The molecule has 3 aromatic carbocycles. The standard InChI is InChI=1S/C25H20FN5O3S/c1-32-19-12-13-21(33-2)20(14-19)23-27-22(34-30-23)15-35-25-29-28-24(16-6-4-3-5-7-16)31(25)18-10-8-17(26)9-11-18/h3-14H,15H2,1-2H3. The van der Waals surface area contributed by atoms with Crippen molar-refractivity contribution in [3.05, 3.63) is 84.5 Å². The largest absolute Gasteiger partial charge is 0.497 e. The topological polar surface area (TPSA) is 88.1 Å². The van der Waals surface area contributed by atoms with E-state index in [0.717, 1.165) is 11.3 Å². The Bertz CT molecular complexity index is 1440. The monoisotopic (exact) mass is 489 g/mol. The highest BCUT2D eigenvalue weighted by Crippen LogP contribution is 2.33. The molecule has 2 heterocycles. The summed E-state index contributed by atoms with van der Waals surface area (Å²) in [6, 6.07) is 21.3. The van der Waals surface area contributed by atoms with Crippen molar-refractivity contribution in [1.82, 2.24) is 24.9 Å². The van der Waals surface area contributed by atoms with Crippen LogP contribution in [0.2, 0.25) is 0 Å². The van der Waals surface area contributed by atoms with Crippen LogP contribution in [0, 0.1) is 5.82 Å². The SMILES string of the molecule is COc1ccc(OC)c(-c2noc(CSc3nnc(-c4ccccc4)n3-c3ccc(F)cc3)n2)c1. The number of rotatable bonds is 8. The molecule has 0 bridgehead atoms. The van der Waals surface area contributed by atoms with Crippen molar-refractivity contribution >= 4 is 11.8 Å². The fourth-order valence-electron chi connectivity index (χ4n) is 3.50. The van der Waals surface area contributed by atoms with Gasteiger partial charge in [-0.05, 0) is 42.5 Å². The van der Waals surface area contributed by atoms with E-state index in [4.69, 9.17) is 14.0 Å². The normalized spacial score (nSPS) is 10.9. The second-order valence-corrected chi connectivity index (χ2v) is 8.29. The molecule has 0 aliphatic rings. The summed E-state index contributed by atoms with van der Waals surface area (Å²) in [5.41, 5.74) is 2.29. The van der Waals surface area contributed by atoms with E-state index in [9.17, 15) is 4.39 Å². The Labute approximate surface area is 204 Å². The number of halogens is 1. The van der Waals surface area contributed by atoms with E-state index >= 15 is 0 Å². The quantitative estimate of drug-likeness (QED) is 0.267. The van der Waals surface area contributed by atoms with E-state index in [1.165, 1.54) is 23.9 Å². The van der Waals surface area contributed by atoms with Gasteiger partial charge in [0, 0.05) is 11.3 Å². The highest BCUT2D eigenvalue weighted by Gasteiger charge is 2.19. The Kier molecular flexibility index (Phi) is 6.44. The second-order valence-electron chi connectivity index (χ2n) is 7.35. The molecule has 0 fully saturated rings. The van der Waals surface area contributed by atoms with Crippen LogP contribution in [0.15, 0.2) is 82.5 Å². The van der Waals surface area contributed by atoms with E-state index in [-0.39, 0.29) is 5.82 Å². The number of benzene rings is 3. The average Bonchev–Trinajstić information content (AvgIpc) is 3.55. The molecule has 0 spiro atoms. The summed E-state index contributed by atoms with van der Waals surface area (Å²) in [6.45, 7) is 0. The van der Waals surface area contributed by atoms with E-state index < -0.39 is 0 Å². The van der Waals surface area contributed by atoms with Crippen LogP contribution in [0.5, 0.6) is 11.5 Å². The summed E-state index contributed by atoms with van der Waals surface area (Å²) in [5, 5.41) is 13.5. The van der Waals surface area contributed by atoms with Gasteiger partial charge in [-0.1, -0.05) is 47.3 Å². The van der Waals surface area contributed by atoms with Crippen molar-refractivity contribution < 1.29 is 18.4 Å². The van der Waals surface area contributed by atoms with E-state index in [2.05, 4.69) is 20.3 Å². The van der Waals surface area contributed by atoms with Gasteiger partial charge in [-0.3, -0.25) is 4.57 Å². The first-order valence-corrected chi connectivity index (χ1v) is 11.6. The van der Waals surface area contributed by atoms with Gasteiger partial charge in [-0.15, -0.1) is 10.2 Å². The molecular weight excluding hydrogens is 469 g/mol. The predicted molar refractivity (Wildman–Crippen MR) is 129 cm³/mol. The summed E-state index contributed by atoms with van der Waals surface area (Å²) in [4.78, 5) is 4.52. The van der Waals surface area contributed by atoms with Gasteiger partial charge in [0.1, 0.15) is 17.3 Å². The molecule has 0 amide bonds. The minimum atomic E-state index is -0.316. The molecule has 5 rings (SSSR count). The Morgan fingerprint density at radius 1 is 0.943 bits per heavy atom. The van der Waals surface area contributed by atoms with Crippen LogP contribution >= 0.6 is 11.8 Å². The Hall–Kier alpha value is -4.18. The molecule has 5 aromatic rings. The second kappa shape index (κ2) is 9.98. The third-order valence-electron chi connectivity index (χ3n) is 5.19. The number of aromatic nitrogens is 5. The Balaban J connectivity index is 1.44. The lowest BCUT2D eigenvalue weighted by atomic mass is 10.2. The molecule has 2 aromatic heterocycles. The van der Waals surface area contributed by atoms with Gasteiger partial charge < -0.3 is 14.0 Å². The van der Waals surface area contributed by atoms with Crippen molar-refractivity contribution in [2.24, 2.45) is 0 Å². The summed E-state index contributed by atoms with van der Waals surface area (Å²) < 4.78 is 31.7. The molecular formula is C25H20FN5O3S. The zero-order chi connectivity index (χ0) is 24.2. The molecule has 0 aliphatic heterocycles. The molecule has 0 saturated carbocycles. The first-order chi connectivity index (χ1) is 17.2. The molecule has 0 atom stereocenters. The van der Waals surface area contributed by atoms with Gasteiger partial charge in [-0.25, -0.2) is 4.39 Å². The van der Waals surface area contributed by atoms with Crippen molar-refractivity contribution in [2.75, 3.05) is 14.2 Å². The van der Waals surface area contributed by atoms with Gasteiger partial charge in [0.15, 0.2) is 11.0 Å². The number of ether oxygens (including phenoxy) is 2. The van der Waals surface area contributed by atoms with Crippen LogP contribution in [-0.4, -0.2) is 39.1 Å². The molecule has 8 nitrogen and oxygen atoms in total. The van der Waals surface area contributed by atoms with Crippen LogP contribution in [0.3, 0.4) is 0 Å². The van der Waals surface area contributed by atoms with Crippen LogP contribution in [0.4, 0.5) is 4.39 Å². The zero-order valence-electron chi connectivity index (χ0n) is 18.9. The van der Waals surface area contributed by atoms with E-state index in [0.29, 0.717) is 45.5 Å². The van der Waals surface area contributed by atoms with Crippen LogP contribution < -0.4 is 9.47 Å². The molecule has 10 heteroatoms. The predicted octanol–water partition coefficient (Wildman–Crippen LogP) is 5.43. The van der Waals surface area contributed by atoms with Crippen molar-refractivity contribution in [3.63, 3.8) is 0 Å². The number of methoxy groups -OCH3 is 2. The number of thioether (sulfide) groups is 1. The maximum Gasteiger partial charge on any atom is 0.237 e. The van der Waals surface area contributed by atoms with Crippen LogP contribution in [0.25, 0.3) is 28.5 Å². The first kappa shape index (κ1) is 22.6. The summed E-state index contributed by atoms with van der Waals surface area (Å²) in [5.74, 6) is 2.74. The van der Waals surface area contributed by atoms with Gasteiger partial charge >= 0.3 is 0 Å². The van der Waals surface area contributed by atoms with Gasteiger partial charge in [0.05, 0.1) is 25.5 Å². The molecule has 0 saturated heterocycles. The molecule has 176 valence electrons. The maximum atomic E-state index is 13.6. The van der Waals surface area contributed by atoms with Crippen LogP contribution in [0.1, 0.15) is 5.89 Å². The lowest BCUT2D eigenvalue weighted by molar-refractivity contribution is 0.389. The number of nitrogens with zero attached hydrogens (tertiary/aromatic N) is 5. The molecule has 0 N–H and O–H groups in total. The Morgan fingerprint density at radius 2 is 1.74 bits per heavy atom. The smallest absolute Gasteiger partial charge is 0.237 e. The molecule has 0 unspecified atom stereocenters. The molecule has 0 radical (unpaired) electrons. The van der Waals surface area contributed by atoms with Gasteiger partial charge in [0.2, 0.25) is 11.7 Å². The van der Waals surface area contributed by atoms with Crippen molar-refractivity contribution in [2.45, 2.75) is 10.9 Å². The van der Waals surface area contributed by atoms with Crippen molar-refractivity contribution in [1.29, 1.82) is 0 Å². The van der Waals surface area contributed by atoms with Crippen molar-refractivity contribution in [3.8, 4) is 40.0 Å². The number of hydrogen-bond acceptors (Lipinski definition) is 8. The summed E-state index contributed by atoms with van der Waals surface area (Å²) >= 11 is 1.38. The fraction of sp³-hybridized carbons (Fsp3) is 0.120. The average molecular weight is 490 g/mol. The van der Waals surface area contributed by atoms with Crippen LogP contribution in [-0.2, 0) is 5.75 Å². The lowest BCUT2D eigenvalue weighted by Crippen LogP contribution is -2.00. The number of hydrogen-bond donors (Lipinski definition) is 0. The summed E-state index contributed by atoms with van der Waals surface area (Å²) in [7, 11) is 3.17. The highest BCUT2D eigenvalue weighted by molar-refractivity contribution is 7.98. The van der Waals surface area contributed by atoms with Gasteiger partial charge in [-0.2, -0.15) is 4.98 Å². The fourth-order valence-corrected chi connectivity index (χ4v) is 4.29. The highest BCUT2D eigenvalue weighted by atomic mass is 32.2. The van der Waals surface area contributed by atoms with Gasteiger partial charge in [0.25, 0.3) is 0 Å².